The maximum atomic E-state index is 13.4. The molecule has 0 unspecified atom stereocenters. The molecule has 7 heteroatoms. The molecule has 35 heavy (non-hydrogen) atoms. The maximum Gasteiger partial charge on any atom is 0.254 e. The van der Waals surface area contributed by atoms with Gasteiger partial charge in [0, 0.05) is 35.7 Å². The van der Waals surface area contributed by atoms with Crippen LogP contribution in [0.5, 0.6) is 0 Å². The summed E-state index contributed by atoms with van der Waals surface area (Å²) in [7, 11) is 1.47. The number of likely N-dealkylation sites (tertiary alicyclic amines) is 1. The van der Waals surface area contributed by atoms with Crippen LogP contribution in [0.3, 0.4) is 0 Å². The molecular weight excluding hydrogens is 442 g/mol. The molecule has 7 nitrogen and oxygen atoms in total. The van der Waals surface area contributed by atoms with Crippen LogP contribution in [0.4, 0.5) is 5.69 Å². The molecule has 1 saturated heterocycles. The van der Waals surface area contributed by atoms with Crippen molar-refractivity contribution in [2.75, 3.05) is 19.0 Å². The summed E-state index contributed by atoms with van der Waals surface area (Å²) in [5, 5.41) is 16.4. The van der Waals surface area contributed by atoms with Crippen molar-refractivity contribution in [1.29, 1.82) is 0 Å². The molecule has 3 aromatic carbocycles. The molecule has 1 atom stereocenters. The van der Waals surface area contributed by atoms with Crippen LogP contribution < -0.4 is 5.32 Å². The van der Waals surface area contributed by atoms with Gasteiger partial charge in [-0.1, -0.05) is 59.8 Å². The summed E-state index contributed by atoms with van der Waals surface area (Å²) in [6.45, 7) is 2.19. The van der Waals surface area contributed by atoms with E-state index in [4.69, 9.17) is 4.84 Å². The van der Waals surface area contributed by atoms with Gasteiger partial charge in [0.1, 0.15) is 7.11 Å². The van der Waals surface area contributed by atoms with Crippen LogP contribution >= 0.6 is 0 Å². The first-order valence-corrected chi connectivity index (χ1v) is 11.5. The standard InChI is InChI=1S/C28H29N3O4/c1-19-7-3-5-9-25(19)20-11-13-21(14-12-20)28(34)31-17-23(30-35-2)15-24(31)16-27(33)29-26-10-6-4-8-22(26)18-32/h3-14,24,32H,15-18H2,1-2H3,(H,29,33)/t24-/m0/s1. The number of amides is 2. The fourth-order valence-corrected chi connectivity index (χ4v) is 4.44. The second-order valence-electron chi connectivity index (χ2n) is 8.59. The Hall–Kier alpha value is -3.97. The zero-order valence-electron chi connectivity index (χ0n) is 19.9. The zero-order valence-corrected chi connectivity index (χ0v) is 19.9. The molecule has 1 aliphatic heterocycles. The number of benzene rings is 3. The van der Waals surface area contributed by atoms with Gasteiger partial charge in [-0.3, -0.25) is 9.59 Å². The number of hydrogen-bond donors (Lipinski definition) is 2. The van der Waals surface area contributed by atoms with Crippen molar-refractivity contribution in [3.63, 3.8) is 0 Å². The molecule has 4 rings (SSSR count). The molecule has 1 heterocycles. The van der Waals surface area contributed by atoms with Crippen LogP contribution in [-0.4, -0.2) is 47.2 Å². The second-order valence-corrected chi connectivity index (χ2v) is 8.59. The van der Waals surface area contributed by atoms with Gasteiger partial charge >= 0.3 is 0 Å². The minimum Gasteiger partial charge on any atom is -0.399 e. The van der Waals surface area contributed by atoms with Crippen molar-refractivity contribution >= 4 is 23.2 Å². The SMILES string of the molecule is CON=C1C[C@@H](CC(=O)Nc2ccccc2CO)N(C(=O)c2ccc(-c3ccccc3C)cc2)C1. The van der Waals surface area contributed by atoms with Crippen LogP contribution in [-0.2, 0) is 16.2 Å². The highest BCUT2D eigenvalue weighted by Crippen LogP contribution is 2.26. The first kappa shape index (κ1) is 24.2. The lowest BCUT2D eigenvalue weighted by molar-refractivity contribution is -0.117. The minimum absolute atomic E-state index is 0.107. The van der Waals surface area contributed by atoms with Crippen molar-refractivity contribution in [3.05, 3.63) is 89.5 Å². The highest BCUT2D eigenvalue weighted by molar-refractivity contribution is 6.02. The summed E-state index contributed by atoms with van der Waals surface area (Å²) in [4.78, 5) is 32.9. The number of aryl methyl sites for hydroxylation is 1. The summed E-state index contributed by atoms with van der Waals surface area (Å²) < 4.78 is 0. The predicted molar refractivity (Wildman–Crippen MR) is 136 cm³/mol. The van der Waals surface area contributed by atoms with Gasteiger partial charge in [-0.15, -0.1) is 0 Å². The monoisotopic (exact) mass is 471 g/mol. The topological polar surface area (TPSA) is 91.2 Å². The number of carbonyl (C=O) groups is 2. The lowest BCUT2D eigenvalue weighted by atomic mass is 9.99. The van der Waals surface area contributed by atoms with Crippen molar-refractivity contribution < 1.29 is 19.5 Å². The quantitative estimate of drug-likeness (QED) is 0.500. The highest BCUT2D eigenvalue weighted by Gasteiger charge is 2.35. The zero-order chi connectivity index (χ0) is 24.8. The number of nitrogens with zero attached hydrogens (tertiary/aromatic N) is 2. The molecule has 0 spiro atoms. The van der Waals surface area contributed by atoms with Crippen molar-refractivity contribution in [3.8, 4) is 11.1 Å². The number of nitrogens with one attached hydrogen (secondary N) is 1. The number of oxime groups is 1. The molecular formula is C28H29N3O4. The molecule has 0 aromatic heterocycles. The van der Waals surface area contributed by atoms with E-state index in [1.165, 1.54) is 12.7 Å². The Morgan fingerprint density at radius 3 is 2.49 bits per heavy atom. The molecule has 180 valence electrons. The molecule has 0 radical (unpaired) electrons. The summed E-state index contributed by atoms with van der Waals surface area (Å²) in [6, 6.07) is 22.4. The molecule has 2 amide bonds. The smallest absolute Gasteiger partial charge is 0.254 e. The summed E-state index contributed by atoms with van der Waals surface area (Å²) >= 11 is 0. The summed E-state index contributed by atoms with van der Waals surface area (Å²) in [6.07, 6.45) is 0.561. The molecule has 0 bridgehead atoms. The Kier molecular flexibility index (Phi) is 7.57. The number of carbonyl (C=O) groups excluding carboxylic acids is 2. The van der Waals surface area contributed by atoms with Gasteiger partial charge in [-0.2, -0.15) is 0 Å². The van der Waals surface area contributed by atoms with Crippen LogP contribution in [0.1, 0.15) is 34.3 Å². The van der Waals surface area contributed by atoms with Gasteiger partial charge in [-0.25, -0.2) is 0 Å². The second kappa shape index (κ2) is 11.0. The molecule has 3 aromatic rings. The highest BCUT2D eigenvalue weighted by atomic mass is 16.6. The summed E-state index contributed by atoms with van der Waals surface area (Å²) in [5.41, 5.74) is 5.80. The van der Waals surface area contributed by atoms with Crippen LogP contribution in [0, 0.1) is 6.92 Å². The Labute approximate surface area is 205 Å². The summed E-state index contributed by atoms with van der Waals surface area (Å²) in [5.74, 6) is -0.390. The van der Waals surface area contributed by atoms with Gasteiger partial charge in [0.15, 0.2) is 0 Å². The maximum absolute atomic E-state index is 13.4. The van der Waals surface area contributed by atoms with Crippen LogP contribution in [0.25, 0.3) is 11.1 Å². The fourth-order valence-electron chi connectivity index (χ4n) is 4.44. The van der Waals surface area contributed by atoms with E-state index in [-0.39, 0.29) is 30.9 Å². The Balaban J connectivity index is 1.51. The third-order valence-electron chi connectivity index (χ3n) is 6.22. The Morgan fingerprint density at radius 2 is 1.77 bits per heavy atom. The van der Waals surface area contributed by atoms with Gasteiger partial charge < -0.3 is 20.2 Å². The van der Waals surface area contributed by atoms with Gasteiger partial charge in [-0.05, 0) is 41.8 Å². The number of anilines is 1. The molecule has 1 aliphatic rings. The lowest BCUT2D eigenvalue weighted by Crippen LogP contribution is -2.38. The number of hydrogen-bond acceptors (Lipinski definition) is 5. The van der Waals surface area contributed by atoms with Crippen molar-refractivity contribution in [2.24, 2.45) is 5.16 Å². The molecule has 0 saturated carbocycles. The van der Waals surface area contributed by atoms with Gasteiger partial charge in [0.05, 0.1) is 18.9 Å². The first-order valence-electron chi connectivity index (χ1n) is 11.5. The van der Waals surface area contributed by atoms with E-state index < -0.39 is 0 Å². The normalized spacial score (nSPS) is 16.4. The van der Waals surface area contributed by atoms with E-state index >= 15 is 0 Å². The Bertz CT molecular complexity index is 1240. The minimum atomic E-state index is -0.353. The van der Waals surface area contributed by atoms with Gasteiger partial charge in [0.2, 0.25) is 5.91 Å². The average Bonchev–Trinajstić information content (AvgIpc) is 3.26. The predicted octanol–water partition coefficient (Wildman–Crippen LogP) is 4.40. The van der Waals surface area contributed by atoms with Crippen molar-refractivity contribution in [1.82, 2.24) is 4.90 Å². The fraction of sp³-hybridized carbons (Fsp3) is 0.250. The lowest BCUT2D eigenvalue weighted by Gasteiger charge is -2.24. The number of aliphatic hydroxyl groups excluding tert-OH is 1. The van der Waals surface area contributed by atoms with Crippen LogP contribution in [0.15, 0.2) is 78.0 Å². The third-order valence-corrected chi connectivity index (χ3v) is 6.22. The van der Waals surface area contributed by atoms with E-state index in [1.54, 1.807) is 29.2 Å². The number of para-hydroxylation sites is 1. The van der Waals surface area contributed by atoms with E-state index in [2.05, 4.69) is 29.5 Å². The van der Waals surface area contributed by atoms with E-state index in [1.807, 2.05) is 36.4 Å². The third kappa shape index (κ3) is 5.58. The van der Waals surface area contributed by atoms with Crippen LogP contribution in [0.2, 0.25) is 0 Å². The molecule has 2 N–H and O–H groups in total. The first-order chi connectivity index (χ1) is 17.0. The Morgan fingerprint density at radius 1 is 1.06 bits per heavy atom. The van der Waals surface area contributed by atoms with E-state index in [0.29, 0.717) is 35.5 Å². The van der Waals surface area contributed by atoms with Crippen molar-refractivity contribution in [2.45, 2.75) is 32.4 Å². The average molecular weight is 472 g/mol. The van der Waals surface area contributed by atoms with E-state index in [0.717, 1.165) is 11.1 Å². The molecule has 1 fully saturated rings. The molecule has 0 aliphatic carbocycles. The van der Waals surface area contributed by atoms with E-state index in [9.17, 15) is 14.7 Å². The number of aliphatic hydroxyl groups is 1. The largest absolute Gasteiger partial charge is 0.399 e. The van der Waals surface area contributed by atoms with Gasteiger partial charge in [0.25, 0.3) is 5.91 Å². The number of rotatable bonds is 7.